The zero-order valence-electron chi connectivity index (χ0n) is 21.9. The van der Waals surface area contributed by atoms with Gasteiger partial charge in [0.25, 0.3) is 0 Å². The van der Waals surface area contributed by atoms with Gasteiger partial charge in [0, 0.05) is 40.7 Å². The fraction of sp³-hybridized carbons (Fsp3) is 0.194. The molecule has 1 aliphatic rings. The number of hydrogen-bond acceptors (Lipinski definition) is 6. The number of carbonyl (C=O) groups is 1. The average molecular weight is 536 g/mol. The number of ether oxygens (including phenoxy) is 1. The van der Waals surface area contributed by atoms with Crippen LogP contribution in [-0.4, -0.2) is 31.9 Å². The van der Waals surface area contributed by atoms with E-state index in [9.17, 15) is 4.79 Å². The maximum atomic E-state index is 13.4. The van der Waals surface area contributed by atoms with Gasteiger partial charge < -0.3 is 14.6 Å². The van der Waals surface area contributed by atoms with Gasteiger partial charge in [-0.15, -0.1) is 5.10 Å². The maximum Gasteiger partial charge on any atom is 0.338 e. The first kappa shape index (κ1) is 25.0. The lowest BCUT2D eigenvalue weighted by molar-refractivity contribution is -0.139. The standard InChI is InChI=1S/C31H29N5O2S/c1-3-38-29(37)27-21(2)32-30-33-31(39-20-23-14-8-5-9-15-23)34-36(30)28(27)25-19-35(18-22-12-6-4-7-13-22)26-17-11-10-16-24(25)26/h4-17,19,28H,3,18,20H2,1-2H3,(H,32,33,34). The fourth-order valence-corrected chi connectivity index (χ4v) is 5.86. The van der Waals surface area contributed by atoms with Crippen LogP contribution in [0.5, 0.6) is 0 Å². The van der Waals surface area contributed by atoms with Gasteiger partial charge in [0.05, 0.1) is 12.2 Å². The molecule has 39 heavy (non-hydrogen) atoms. The van der Waals surface area contributed by atoms with Crippen LogP contribution in [0.2, 0.25) is 0 Å². The zero-order chi connectivity index (χ0) is 26.8. The molecule has 0 saturated carbocycles. The predicted molar refractivity (Wildman–Crippen MR) is 155 cm³/mol. The van der Waals surface area contributed by atoms with E-state index in [4.69, 9.17) is 14.8 Å². The minimum atomic E-state index is -0.485. The van der Waals surface area contributed by atoms with Crippen LogP contribution in [0.15, 0.2) is 108 Å². The van der Waals surface area contributed by atoms with Gasteiger partial charge >= 0.3 is 5.97 Å². The van der Waals surface area contributed by atoms with E-state index < -0.39 is 6.04 Å². The monoisotopic (exact) mass is 535 g/mol. The van der Waals surface area contributed by atoms with Gasteiger partial charge in [-0.25, -0.2) is 9.48 Å². The van der Waals surface area contributed by atoms with Gasteiger partial charge in [0.1, 0.15) is 6.04 Å². The lowest BCUT2D eigenvalue weighted by Crippen LogP contribution is -2.29. The Hall–Kier alpha value is -4.30. The van der Waals surface area contributed by atoms with Crippen LogP contribution in [0.3, 0.4) is 0 Å². The zero-order valence-corrected chi connectivity index (χ0v) is 22.7. The Kier molecular flexibility index (Phi) is 6.94. The Labute approximate surface area is 231 Å². The molecular formula is C31H29N5O2S. The van der Waals surface area contributed by atoms with Crippen molar-refractivity contribution in [1.82, 2.24) is 19.3 Å². The molecule has 1 aliphatic heterocycles. The summed E-state index contributed by atoms with van der Waals surface area (Å²) in [6.45, 7) is 4.73. The summed E-state index contributed by atoms with van der Waals surface area (Å²) in [6, 6.07) is 28.4. The Morgan fingerprint density at radius 1 is 0.974 bits per heavy atom. The topological polar surface area (TPSA) is 74.0 Å². The van der Waals surface area contributed by atoms with Gasteiger partial charge in [-0.2, -0.15) is 4.98 Å². The molecule has 5 aromatic rings. The SMILES string of the molecule is CCOC(=O)C1=C(C)Nc2nc(SCc3ccccc3)nn2C1c1cn(Cc2ccccc2)c2ccccc12. The minimum Gasteiger partial charge on any atom is -0.463 e. The number of para-hydroxylation sites is 1. The molecule has 0 spiro atoms. The second kappa shape index (κ2) is 10.8. The van der Waals surface area contributed by atoms with E-state index >= 15 is 0 Å². The van der Waals surface area contributed by atoms with Crippen molar-refractivity contribution in [2.75, 3.05) is 11.9 Å². The molecule has 3 aromatic carbocycles. The molecule has 0 fully saturated rings. The van der Waals surface area contributed by atoms with E-state index in [1.807, 2.05) is 54.9 Å². The van der Waals surface area contributed by atoms with E-state index in [2.05, 4.69) is 64.6 Å². The first-order valence-electron chi connectivity index (χ1n) is 13.0. The number of nitrogens with one attached hydrogen (secondary N) is 1. The number of esters is 1. The second-order valence-electron chi connectivity index (χ2n) is 9.44. The molecule has 196 valence electrons. The molecule has 1 N–H and O–H groups in total. The number of anilines is 1. The summed E-state index contributed by atoms with van der Waals surface area (Å²) in [5, 5.41) is 9.93. The quantitative estimate of drug-likeness (QED) is 0.182. The smallest absolute Gasteiger partial charge is 0.338 e. The van der Waals surface area contributed by atoms with Crippen LogP contribution in [0.1, 0.15) is 36.6 Å². The first-order chi connectivity index (χ1) is 19.1. The number of nitrogens with zero attached hydrogens (tertiary/aromatic N) is 4. The number of carbonyl (C=O) groups excluding carboxylic acids is 1. The highest BCUT2D eigenvalue weighted by molar-refractivity contribution is 7.98. The molecule has 0 aliphatic carbocycles. The van der Waals surface area contributed by atoms with Crippen molar-refractivity contribution in [1.29, 1.82) is 0 Å². The van der Waals surface area contributed by atoms with Crippen molar-refractivity contribution in [3.05, 3.63) is 119 Å². The number of thioether (sulfide) groups is 1. The highest BCUT2D eigenvalue weighted by atomic mass is 32.2. The molecule has 3 heterocycles. The summed E-state index contributed by atoms with van der Waals surface area (Å²) < 4.78 is 9.61. The van der Waals surface area contributed by atoms with E-state index in [0.717, 1.165) is 27.9 Å². The van der Waals surface area contributed by atoms with Crippen molar-refractivity contribution in [3.8, 4) is 0 Å². The summed E-state index contributed by atoms with van der Waals surface area (Å²) in [5.74, 6) is 1.01. The molecule has 8 heteroatoms. The van der Waals surface area contributed by atoms with E-state index in [1.165, 1.54) is 11.1 Å². The van der Waals surface area contributed by atoms with Crippen LogP contribution in [0.4, 0.5) is 5.95 Å². The molecule has 0 radical (unpaired) electrons. The third kappa shape index (κ3) is 4.95. The summed E-state index contributed by atoms with van der Waals surface area (Å²) in [7, 11) is 0. The maximum absolute atomic E-state index is 13.4. The third-order valence-corrected chi connectivity index (χ3v) is 7.76. The fourth-order valence-electron chi connectivity index (χ4n) is 5.08. The Balaban J connectivity index is 1.45. The third-order valence-electron chi connectivity index (χ3n) is 6.85. The van der Waals surface area contributed by atoms with Crippen LogP contribution >= 0.6 is 11.8 Å². The molecule has 0 amide bonds. The summed E-state index contributed by atoms with van der Waals surface area (Å²) in [5.41, 5.74) is 5.74. The van der Waals surface area contributed by atoms with E-state index in [1.54, 1.807) is 11.8 Å². The molecular weight excluding hydrogens is 506 g/mol. The van der Waals surface area contributed by atoms with Gasteiger partial charge in [-0.3, -0.25) is 0 Å². The van der Waals surface area contributed by atoms with Crippen molar-refractivity contribution in [2.45, 2.75) is 37.3 Å². The first-order valence-corrected chi connectivity index (χ1v) is 14.0. The van der Waals surface area contributed by atoms with E-state index in [-0.39, 0.29) is 5.97 Å². The van der Waals surface area contributed by atoms with Crippen LogP contribution in [0.25, 0.3) is 10.9 Å². The average Bonchev–Trinajstić information content (AvgIpc) is 3.53. The molecule has 1 atom stereocenters. The van der Waals surface area contributed by atoms with Gasteiger partial charge in [0.2, 0.25) is 11.1 Å². The van der Waals surface area contributed by atoms with Crippen molar-refractivity contribution in [2.24, 2.45) is 0 Å². The number of hydrogen-bond donors (Lipinski definition) is 1. The number of allylic oxidation sites excluding steroid dienone is 1. The van der Waals surface area contributed by atoms with Gasteiger partial charge in [0.15, 0.2) is 0 Å². The normalized spacial score (nSPS) is 14.8. The van der Waals surface area contributed by atoms with Crippen molar-refractivity contribution in [3.63, 3.8) is 0 Å². The van der Waals surface area contributed by atoms with Crippen LogP contribution in [0, 0.1) is 0 Å². The molecule has 0 saturated heterocycles. The molecule has 0 bridgehead atoms. The Morgan fingerprint density at radius 2 is 1.67 bits per heavy atom. The Bertz CT molecular complexity index is 1660. The lowest BCUT2D eigenvalue weighted by atomic mass is 9.95. The highest BCUT2D eigenvalue weighted by Gasteiger charge is 2.37. The molecule has 7 nitrogen and oxygen atoms in total. The highest BCUT2D eigenvalue weighted by Crippen LogP contribution is 2.40. The summed E-state index contributed by atoms with van der Waals surface area (Å²) >= 11 is 1.57. The number of rotatable bonds is 8. The van der Waals surface area contributed by atoms with Crippen molar-refractivity contribution < 1.29 is 9.53 Å². The lowest BCUT2D eigenvalue weighted by Gasteiger charge is -2.27. The molecule has 1 unspecified atom stereocenters. The summed E-state index contributed by atoms with van der Waals surface area (Å²) in [4.78, 5) is 18.2. The van der Waals surface area contributed by atoms with Crippen molar-refractivity contribution >= 4 is 34.6 Å². The van der Waals surface area contributed by atoms with Gasteiger partial charge in [-0.05, 0) is 31.0 Å². The van der Waals surface area contributed by atoms with Crippen LogP contribution in [-0.2, 0) is 21.8 Å². The summed E-state index contributed by atoms with van der Waals surface area (Å²) in [6.07, 6.45) is 2.14. The second-order valence-corrected chi connectivity index (χ2v) is 10.4. The number of fused-ring (bicyclic) bond motifs is 2. The van der Waals surface area contributed by atoms with Gasteiger partial charge in [-0.1, -0.05) is 90.6 Å². The van der Waals surface area contributed by atoms with E-state index in [0.29, 0.717) is 29.8 Å². The Morgan fingerprint density at radius 3 is 2.41 bits per heavy atom. The predicted octanol–water partition coefficient (Wildman–Crippen LogP) is 6.43. The minimum absolute atomic E-state index is 0.292. The molecule has 6 rings (SSSR count). The largest absolute Gasteiger partial charge is 0.463 e. The number of aromatic nitrogens is 4. The van der Waals surface area contributed by atoms with Crippen LogP contribution < -0.4 is 5.32 Å². The molecule has 2 aromatic heterocycles. The number of benzene rings is 3.